The second kappa shape index (κ2) is 6.03. The van der Waals surface area contributed by atoms with Gasteiger partial charge in [0.15, 0.2) is 0 Å². The number of hydrogen-bond donors (Lipinski definition) is 2. The molecule has 3 N–H and O–H groups in total. The minimum absolute atomic E-state index is 0.122. The molecule has 0 aliphatic heterocycles. The summed E-state index contributed by atoms with van der Waals surface area (Å²) >= 11 is 0. The Morgan fingerprint density at radius 1 is 1.47 bits per heavy atom. The quantitative estimate of drug-likeness (QED) is 0.769. The number of carboxylic acids is 1. The zero-order chi connectivity index (χ0) is 12.8. The Bertz CT molecular complexity index is 382. The number of aromatic nitrogens is 2. The normalized spacial score (nSPS) is 10.2. The second-order valence-corrected chi connectivity index (χ2v) is 3.62. The summed E-state index contributed by atoms with van der Waals surface area (Å²) < 4.78 is 5.15. The molecule has 1 aromatic heterocycles. The van der Waals surface area contributed by atoms with Gasteiger partial charge in [0, 0.05) is 12.0 Å². The first-order chi connectivity index (χ1) is 8.08. The topological polar surface area (TPSA) is 98.3 Å². The SMILES string of the molecule is CCc1nc(N)nc(OC)c1CCCC(=O)O. The van der Waals surface area contributed by atoms with Crippen LogP contribution in [0.15, 0.2) is 0 Å². The molecule has 6 heteroatoms. The van der Waals surface area contributed by atoms with Crippen molar-refractivity contribution in [3.63, 3.8) is 0 Å². The van der Waals surface area contributed by atoms with Crippen molar-refractivity contribution >= 4 is 11.9 Å². The molecule has 0 unspecified atom stereocenters. The molecule has 0 radical (unpaired) electrons. The van der Waals surface area contributed by atoms with Crippen molar-refractivity contribution in [2.45, 2.75) is 32.6 Å². The molecule has 0 fully saturated rings. The summed E-state index contributed by atoms with van der Waals surface area (Å²) in [6.07, 6.45) is 1.95. The fourth-order valence-electron chi connectivity index (χ4n) is 1.65. The van der Waals surface area contributed by atoms with Gasteiger partial charge in [-0.05, 0) is 19.3 Å². The number of methoxy groups -OCH3 is 1. The van der Waals surface area contributed by atoms with Crippen LogP contribution in [0.1, 0.15) is 31.0 Å². The summed E-state index contributed by atoms with van der Waals surface area (Å²) in [6, 6.07) is 0. The van der Waals surface area contributed by atoms with Crippen molar-refractivity contribution in [2.75, 3.05) is 12.8 Å². The maximum Gasteiger partial charge on any atom is 0.303 e. The maximum absolute atomic E-state index is 10.5. The molecule has 6 nitrogen and oxygen atoms in total. The summed E-state index contributed by atoms with van der Waals surface area (Å²) in [5.74, 6) is -0.182. The van der Waals surface area contributed by atoms with E-state index < -0.39 is 5.97 Å². The Balaban J connectivity index is 2.90. The van der Waals surface area contributed by atoms with Crippen molar-refractivity contribution < 1.29 is 14.6 Å². The lowest BCUT2D eigenvalue weighted by atomic mass is 10.1. The number of aryl methyl sites for hydroxylation is 1. The van der Waals surface area contributed by atoms with Gasteiger partial charge >= 0.3 is 5.97 Å². The Hall–Kier alpha value is -1.85. The zero-order valence-corrected chi connectivity index (χ0v) is 10.1. The highest BCUT2D eigenvalue weighted by molar-refractivity contribution is 5.66. The standard InChI is InChI=1S/C11H17N3O3/c1-3-8-7(5-4-6-9(15)16)10(17-2)14-11(12)13-8/h3-6H2,1-2H3,(H,15,16)(H2,12,13,14). The molecular weight excluding hydrogens is 222 g/mol. The summed E-state index contributed by atoms with van der Waals surface area (Å²) in [6.45, 7) is 1.96. The second-order valence-electron chi connectivity index (χ2n) is 3.62. The van der Waals surface area contributed by atoms with E-state index in [1.54, 1.807) is 0 Å². The van der Waals surface area contributed by atoms with E-state index in [0.717, 1.165) is 11.3 Å². The van der Waals surface area contributed by atoms with Crippen molar-refractivity contribution in [1.82, 2.24) is 9.97 Å². The lowest BCUT2D eigenvalue weighted by Crippen LogP contribution is -2.08. The van der Waals surface area contributed by atoms with Gasteiger partial charge in [0.05, 0.1) is 12.8 Å². The molecule has 0 atom stereocenters. The Morgan fingerprint density at radius 2 is 2.18 bits per heavy atom. The van der Waals surface area contributed by atoms with E-state index in [0.29, 0.717) is 25.1 Å². The molecule has 0 bridgehead atoms. The van der Waals surface area contributed by atoms with Crippen LogP contribution in [-0.4, -0.2) is 28.2 Å². The number of rotatable bonds is 6. The monoisotopic (exact) mass is 239 g/mol. The zero-order valence-electron chi connectivity index (χ0n) is 10.1. The van der Waals surface area contributed by atoms with Crippen LogP contribution >= 0.6 is 0 Å². The molecule has 0 amide bonds. The summed E-state index contributed by atoms with van der Waals surface area (Å²) in [7, 11) is 1.52. The molecule has 1 aromatic rings. The highest BCUT2D eigenvalue weighted by Gasteiger charge is 2.13. The number of nitrogens with two attached hydrogens (primary N) is 1. The Labute approximate surface area is 99.8 Å². The van der Waals surface area contributed by atoms with Gasteiger partial charge in [-0.15, -0.1) is 0 Å². The third kappa shape index (κ3) is 3.58. The van der Waals surface area contributed by atoms with E-state index in [4.69, 9.17) is 15.6 Å². The number of ether oxygens (including phenoxy) is 1. The predicted molar refractivity (Wildman–Crippen MR) is 62.9 cm³/mol. The minimum Gasteiger partial charge on any atom is -0.481 e. The molecule has 0 aliphatic carbocycles. The average molecular weight is 239 g/mol. The van der Waals surface area contributed by atoms with Crippen LogP contribution < -0.4 is 10.5 Å². The Morgan fingerprint density at radius 3 is 2.71 bits per heavy atom. The number of anilines is 1. The van der Waals surface area contributed by atoms with Crippen LogP contribution in [0.2, 0.25) is 0 Å². The van der Waals surface area contributed by atoms with Crippen molar-refractivity contribution in [3.05, 3.63) is 11.3 Å². The van der Waals surface area contributed by atoms with Gasteiger partial charge in [0.2, 0.25) is 11.8 Å². The largest absolute Gasteiger partial charge is 0.481 e. The smallest absolute Gasteiger partial charge is 0.303 e. The van der Waals surface area contributed by atoms with E-state index in [9.17, 15) is 4.79 Å². The minimum atomic E-state index is -0.807. The van der Waals surface area contributed by atoms with Gasteiger partial charge in [-0.1, -0.05) is 6.92 Å². The van der Waals surface area contributed by atoms with E-state index in [-0.39, 0.29) is 12.4 Å². The van der Waals surface area contributed by atoms with E-state index in [2.05, 4.69) is 9.97 Å². The van der Waals surface area contributed by atoms with Crippen LogP contribution in [0.3, 0.4) is 0 Å². The molecule has 17 heavy (non-hydrogen) atoms. The molecule has 0 aromatic carbocycles. The number of carboxylic acid groups (broad SMARTS) is 1. The number of nitrogen functional groups attached to an aromatic ring is 1. The number of hydrogen-bond acceptors (Lipinski definition) is 5. The van der Waals surface area contributed by atoms with Crippen LogP contribution in [-0.2, 0) is 17.6 Å². The highest BCUT2D eigenvalue weighted by atomic mass is 16.5. The first-order valence-electron chi connectivity index (χ1n) is 5.49. The van der Waals surface area contributed by atoms with Gasteiger partial charge in [0.25, 0.3) is 0 Å². The molecular formula is C11H17N3O3. The van der Waals surface area contributed by atoms with Gasteiger partial charge in [-0.3, -0.25) is 4.79 Å². The lowest BCUT2D eigenvalue weighted by molar-refractivity contribution is -0.137. The summed E-state index contributed by atoms with van der Waals surface area (Å²) in [5.41, 5.74) is 7.23. The highest BCUT2D eigenvalue weighted by Crippen LogP contribution is 2.22. The molecule has 1 heterocycles. The van der Waals surface area contributed by atoms with Crippen molar-refractivity contribution in [3.8, 4) is 5.88 Å². The van der Waals surface area contributed by atoms with Crippen LogP contribution in [0.25, 0.3) is 0 Å². The number of aliphatic carboxylic acids is 1. The van der Waals surface area contributed by atoms with Gasteiger partial charge in [0.1, 0.15) is 0 Å². The van der Waals surface area contributed by atoms with E-state index in [1.807, 2.05) is 6.92 Å². The third-order valence-electron chi connectivity index (χ3n) is 2.42. The van der Waals surface area contributed by atoms with E-state index >= 15 is 0 Å². The van der Waals surface area contributed by atoms with E-state index in [1.165, 1.54) is 7.11 Å². The summed E-state index contributed by atoms with van der Waals surface area (Å²) in [4.78, 5) is 18.6. The number of nitrogens with zero attached hydrogens (tertiary/aromatic N) is 2. The first kappa shape index (κ1) is 13.2. The first-order valence-corrected chi connectivity index (χ1v) is 5.49. The van der Waals surface area contributed by atoms with Crippen LogP contribution in [0, 0.1) is 0 Å². The molecule has 1 rings (SSSR count). The predicted octanol–water partition coefficient (Wildman–Crippen LogP) is 1.04. The maximum atomic E-state index is 10.5. The summed E-state index contributed by atoms with van der Waals surface area (Å²) in [5, 5.41) is 8.61. The van der Waals surface area contributed by atoms with Gasteiger partial charge in [-0.2, -0.15) is 4.98 Å². The van der Waals surface area contributed by atoms with Crippen molar-refractivity contribution in [1.29, 1.82) is 0 Å². The molecule has 0 saturated carbocycles. The van der Waals surface area contributed by atoms with Crippen LogP contribution in [0.4, 0.5) is 5.95 Å². The van der Waals surface area contributed by atoms with Crippen LogP contribution in [0.5, 0.6) is 5.88 Å². The lowest BCUT2D eigenvalue weighted by Gasteiger charge is -2.11. The average Bonchev–Trinajstić information content (AvgIpc) is 2.29. The molecule has 0 aliphatic rings. The third-order valence-corrected chi connectivity index (χ3v) is 2.42. The van der Waals surface area contributed by atoms with Crippen molar-refractivity contribution in [2.24, 2.45) is 0 Å². The number of carbonyl (C=O) groups is 1. The molecule has 0 saturated heterocycles. The van der Waals surface area contributed by atoms with Gasteiger partial charge in [-0.25, -0.2) is 4.98 Å². The fraction of sp³-hybridized carbons (Fsp3) is 0.545. The Kier molecular flexibility index (Phi) is 4.68. The molecule has 0 spiro atoms. The molecule has 94 valence electrons. The van der Waals surface area contributed by atoms with Gasteiger partial charge < -0.3 is 15.6 Å². The fourth-order valence-corrected chi connectivity index (χ4v) is 1.65.